The summed E-state index contributed by atoms with van der Waals surface area (Å²) in [6.07, 6.45) is 2.90. The first-order valence-electron chi connectivity index (χ1n) is 5.34. The molecule has 2 heterocycles. The van der Waals surface area contributed by atoms with Gasteiger partial charge in [-0.15, -0.1) is 22.7 Å². The van der Waals surface area contributed by atoms with Crippen LogP contribution in [0.4, 0.5) is 0 Å². The zero-order valence-electron chi connectivity index (χ0n) is 9.38. The quantitative estimate of drug-likeness (QED) is 0.887. The standard InChI is InChI=1S/C11H15N3S2/c1-3-9(11-12-4-5-16-11)14-8(2)10-6-15-7-13-10/h4-9,14H,3H2,1-2H3. The lowest BCUT2D eigenvalue weighted by Gasteiger charge is -2.19. The second-order valence-electron chi connectivity index (χ2n) is 3.63. The summed E-state index contributed by atoms with van der Waals surface area (Å²) in [4.78, 5) is 8.68. The summed E-state index contributed by atoms with van der Waals surface area (Å²) in [7, 11) is 0. The summed E-state index contributed by atoms with van der Waals surface area (Å²) < 4.78 is 0. The molecule has 16 heavy (non-hydrogen) atoms. The molecule has 2 aromatic rings. The van der Waals surface area contributed by atoms with Gasteiger partial charge in [-0.3, -0.25) is 5.32 Å². The summed E-state index contributed by atoms with van der Waals surface area (Å²) in [6.45, 7) is 4.32. The Kier molecular flexibility index (Phi) is 4.04. The Balaban J connectivity index is 2.02. The number of nitrogens with zero attached hydrogens (tertiary/aromatic N) is 2. The van der Waals surface area contributed by atoms with Gasteiger partial charge >= 0.3 is 0 Å². The molecule has 0 bridgehead atoms. The van der Waals surface area contributed by atoms with Crippen LogP contribution in [-0.2, 0) is 0 Å². The third kappa shape index (κ3) is 2.66. The van der Waals surface area contributed by atoms with Crippen molar-refractivity contribution >= 4 is 22.7 Å². The molecule has 0 aromatic carbocycles. The lowest BCUT2D eigenvalue weighted by Crippen LogP contribution is -2.24. The van der Waals surface area contributed by atoms with Gasteiger partial charge in [0, 0.05) is 23.0 Å². The molecule has 0 amide bonds. The predicted octanol–water partition coefficient (Wildman–Crippen LogP) is 3.40. The molecule has 0 saturated carbocycles. The number of hydrogen-bond acceptors (Lipinski definition) is 5. The van der Waals surface area contributed by atoms with Gasteiger partial charge in [-0.2, -0.15) is 0 Å². The molecule has 2 unspecified atom stereocenters. The smallest absolute Gasteiger partial charge is 0.109 e. The summed E-state index contributed by atoms with van der Waals surface area (Å²) in [5.74, 6) is 0. The molecule has 2 atom stereocenters. The van der Waals surface area contributed by atoms with Crippen molar-refractivity contribution in [3.05, 3.63) is 33.2 Å². The van der Waals surface area contributed by atoms with Gasteiger partial charge in [0.2, 0.25) is 0 Å². The van der Waals surface area contributed by atoms with E-state index >= 15 is 0 Å². The average molecular weight is 253 g/mol. The minimum atomic E-state index is 0.278. The van der Waals surface area contributed by atoms with Crippen molar-refractivity contribution in [2.75, 3.05) is 0 Å². The molecule has 86 valence electrons. The Morgan fingerprint density at radius 3 is 2.88 bits per heavy atom. The maximum Gasteiger partial charge on any atom is 0.109 e. The predicted molar refractivity (Wildman–Crippen MR) is 68.8 cm³/mol. The Hall–Kier alpha value is -0.780. The minimum absolute atomic E-state index is 0.278. The van der Waals surface area contributed by atoms with Gasteiger partial charge in [0.1, 0.15) is 5.01 Å². The first kappa shape index (κ1) is 11.7. The Bertz CT molecular complexity index is 397. The fraction of sp³-hybridized carbons (Fsp3) is 0.455. The lowest BCUT2D eigenvalue weighted by molar-refractivity contribution is 0.450. The van der Waals surface area contributed by atoms with Crippen molar-refractivity contribution in [3.63, 3.8) is 0 Å². The van der Waals surface area contributed by atoms with E-state index in [2.05, 4.69) is 34.5 Å². The number of nitrogens with one attached hydrogen (secondary N) is 1. The molecule has 2 aromatic heterocycles. The van der Waals surface area contributed by atoms with Gasteiger partial charge < -0.3 is 0 Å². The molecule has 0 aliphatic rings. The first-order valence-corrected chi connectivity index (χ1v) is 7.17. The number of rotatable bonds is 5. The highest BCUT2D eigenvalue weighted by Crippen LogP contribution is 2.23. The molecule has 0 aliphatic heterocycles. The highest BCUT2D eigenvalue weighted by molar-refractivity contribution is 7.09. The van der Waals surface area contributed by atoms with Crippen LogP contribution in [0.5, 0.6) is 0 Å². The molecule has 0 aliphatic carbocycles. The van der Waals surface area contributed by atoms with Gasteiger partial charge in [0.05, 0.1) is 17.2 Å². The van der Waals surface area contributed by atoms with Gasteiger partial charge in [-0.05, 0) is 13.3 Å². The number of thiazole rings is 2. The average Bonchev–Trinajstić information content (AvgIpc) is 2.96. The fourth-order valence-electron chi connectivity index (χ4n) is 1.59. The highest BCUT2D eigenvalue weighted by Gasteiger charge is 2.16. The van der Waals surface area contributed by atoms with Crippen LogP contribution in [0, 0.1) is 0 Å². The molecular formula is C11H15N3S2. The van der Waals surface area contributed by atoms with E-state index in [9.17, 15) is 0 Å². The lowest BCUT2D eigenvalue weighted by atomic mass is 10.2. The molecule has 3 nitrogen and oxygen atoms in total. The topological polar surface area (TPSA) is 37.8 Å². The second kappa shape index (κ2) is 5.52. The third-order valence-corrected chi connectivity index (χ3v) is 4.00. The van der Waals surface area contributed by atoms with Crippen LogP contribution >= 0.6 is 22.7 Å². The van der Waals surface area contributed by atoms with Crippen LogP contribution in [0.3, 0.4) is 0 Å². The van der Waals surface area contributed by atoms with E-state index in [1.807, 2.05) is 17.1 Å². The van der Waals surface area contributed by atoms with Crippen LogP contribution in [0.25, 0.3) is 0 Å². The summed E-state index contributed by atoms with van der Waals surface area (Å²) >= 11 is 3.34. The second-order valence-corrected chi connectivity index (χ2v) is 5.28. The first-order chi connectivity index (χ1) is 7.81. The Morgan fingerprint density at radius 2 is 2.31 bits per heavy atom. The zero-order chi connectivity index (χ0) is 11.4. The van der Waals surface area contributed by atoms with Gasteiger partial charge in [0.15, 0.2) is 0 Å². The summed E-state index contributed by atoms with van der Waals surface area (Å²) in [5.41, 5.74) is 2.98. The fourth-order valence-corrected chi connectivity index (χ4v) is 3.02. The van der Waals surface area contributed by atoms with Crippen LogP contribution in [0.2, 0.25) is 0 Å². The van der Waals surface area contributed by atoms with Crippen molar-refractivity contribution in [2.45, 2.75) is 32.4 Å². The van der Waals surface area contributed by atoms with Crippen molar-refractivity contribution < 1.29 is 0 Å². The molecule has 0 fully saturated rings. The molecule has 1 N–H and O–H groups in total. The van der Waals surface area contributed by atoms with E-state index < -0.39 is 0 Å². The normalized spacial score (nSPS) is 14.9. The van der Waals surface area contributed by atoms with Gasteiger partial charge in [-0.25, -0.2) is 9.97 Å². The molecule has 0 spiro atoms. The summed E-state index contributed by atoms with van der Waals surface area (Å²) in [5, 5.41) is 8.83. The van der Waals surface area contributed by atoms with Crippen molar-refractivity contribution in [1.29, 1.82) is 0 Å². The van der Waals surface area contributed by atoms with Crippen molar-refractivity contribution in [2.24, 2.45) is 0 Å². The van der Waals surface area contributed by atoms with E-state index in [0.717, 1.165) is 17.1 Å². The largest absolute Gasteiger partial charge is 0.300 e. The zero-order valence-corrected chi connectivity index (χ0v) is 11.0. The van der Waals surface area contributed by atoms with Crippen LogP contribution in [0.15, 0.2) is 22.5 Å². The van der Waals surface area contributed by atoms with E-state index in [1.54, 1.807) is 22.7 Å². The van der Waals surface area contributed by atoms with Gasteiger partial charge in [0.25, 0.3) is 0 Å². The Morgan fingerprint density at radius 1 is 1.44 bits per heavy atom. The summed E-state index contributed by atoms with van der Waals surface area (Å²) in [6, 6.07) is 0.608. The highest BCUT2D eigenvalue weighted by atomic mass is 32.1. The van der Waals surface area contributed by atoms with Gasteiger partial charge in [-0.1, -0.05) is 6.92 Å². The van der Waals surface area contributed by atoms with E-state index in [1.165, 1.54) is 0 Å². The molecule has 0 radical (unpaired) electrons. The number of hydrogen-bond donors (Lipinski definition) is 1. The van der Waals surface area contributed by atoms with Crippen LogP contribution < -0.4 is 5.32 Å². The molecule has 2 rings (SSSR count). The van der Waals surface area contributed by atoms with Crippen molar-refractivity contribution in [1.82, 2.24) is 15.3 Å². The maximum atomic E-state index is 4.36. The molecule has 0 saturated heterocycles. The Labute approximate surface area is 104 Å². The molecule has 5 heteroatoms. The van der Waals surface area contributed by atoms with E-state index in [-0.39, 0.29) is 6.04 Å². The monoisotopic (exact) mass is 253 g/mol. The van der Waals surface area contributed by atoms with Crippen LogP contribution in [0.1, 0.15) is 43.1 Å². The third-order valence-electron chi connectivity index (χ3n) is 2.50. The minimum Gasteiger partial charge on any atom is -0.300 e. The molecular weight excluding hydrogens is 238 g/mol. The number of aromatic nitrogens is 2. The maximum absolute atomic E-state index is 4.36. The van der Waals surface area contributed by atoms with Crippen LogP contribution in [-0.4, -0.2) is 9.97 Å². The van der Waals surface area contributed by atoms with Crippen molar-refractivity contribution in [3.8, 4) is 0 Å². The van der Waals surface area contributed by atoms with E-state index in [0.29, 0.717) is 6.04 Å². The SMILES string of the molecule is CCC(NC(C)c1cscn1)c1nccs1. The van der Waals surface area contributed by atoms with E-state index in [4.69, 9.17) is 0 Å².